The molecule has 0 aliphatic heterocycles. The number of hydrogen-bond acceptors (Lipinski definition) is 2. The van der Waals surface area contributed by atoms with Gasteiger partial charge in [-0.1, -0.05) is 18.7 Å². The number of nitrogens with one attached hydrogen (secondary N) is 1. The zero-order chi connectivity index (χ0) is 11.4. The maximum atomic E-state index is 8.92. The van der Waals surface area contributed by atoms with Gasteiger partial charge in [-0.05, 0) is 38.0 Å². The third-order valence-electron chi connectivity index (χ3n) is 2.43. The molecule has 2 heteroatoms. The van der Waals surface area contributed by atoms with Crippen LogP contribution in [0.25, 0.3) is 0 Å². The minimum absolute atomic E-state index is 0.191. The van der Waals surface area contributed by atoms with E-state index >= 15 is 0 Å². The van der Waals surface area contributed by atoms with Crippen LogP contribution in [0.5, 0.6) is 0 Å². The smallest absolute Gasteiger partial charge is 0.0994 e. The fourth-order valence-corrected chi connectivity index (χ4v) is 1.69. The summed E-state index contributed by atoms with van der Waals surface area (Å²) in [6.07, 6.45) is 0. The first-order valence-corrected chi connectivity index (χ1v) is 4.98. The predicted octanol–water partition coefficient (Wildman–Crippen LogP) is 3.05. The Morgan fingerprint density at radius 3 is 2.73 bits per heavy atom. The molecule has 0 aliphatic carbocycles. The van der Waals surface area contributed by atoms with Crippen molar-refractivity contribution in [3.05, 3.63) is 47.2 Å². The van der Waals surface area contributed by atoms with Crippen molar-refractivity contribution in [1.29, 1.82) is 5.26 Å². The molecule has 0 bridgehead atoms. The van der Waals surface area contributed by atoms with Crippen molar-refractivity contribution < 1.29 is 0 Å². The van der Waals surface area contributed by atoms with Crippen LogP contribution in [0, 0.1) is 18.3 Å². The largest absolute Gasteiger partial charge is 0.383 e. The molecule has 1 aromatic carbocycles. The highest BCUT2D eigenvalue weighted by Gasteiger charge is 2.09. The van der Waals surface area contributed by atoms with Gasteiger partial charge in [0.05, 0.1) is 11.6 Å². The van der Waals surface area contributed by atoms with Gasteiger partial charge in [-0.25, -0.2) is 0 Å². The van der Waals surface area contributed by atoms with Crippen LogP contribution in [0.2, 0.25) is 0 Å². The molecule has 78 valence electrons. The van der Waals surface area contributed by atoms with Crippen molar-refractivity contribution >= 4 is 0 Å². The molecule has 0 radical (unpaired) electrons. The zero-order valence-electron chi connectivity index (χ0n) is 9.46. The van der Waals surface area contributed by atoms with Crippen molar-refractivity contribution in [3.63, 3.8) is 0 Å². The first-order chi connectivity index (χ1) is 7.06. The molecule has 0 amide bonds. The average molecular weight is 200 g/mol. The molecule has 0 saturated heterocycles. The summed E-state index contributed by atoms with van der Waals surface area (Å²) in [6.45, 7) is 9.79. The van der Waals surface area contributed by atoms with E-state index in [9.17, 15) is 0 Å². The first kappa shape index (κ1) is 11.3. The Morgan fingerprint density at radius 1 is 1.53 bits per heavy atom. The number of rotatable bonds is 3. The summed E-state index contributed by atoms with van der Waals surface area (Å²) >= 11 is 0. The highest BCUT2D eigenvalue weighted by atomic mass is 14.9. The minimum Gasteiger partial charge on any atom is -0.383 e. The van der Waals surface area contributed by atoms with Crippen LogP contribution in [-0.4, -0.2) is 0 Å². The van der Waals surface area contributed by atoms with Crippen molar-refractivity contribution in [2.45, 2.75) is 26.8 Å². The maximum absolute atomic E-state index is 8.92. The summed E-state index contributed by atoms with van der Waals surface area (Å²) in [5, 5.41) is 12.2. The van der Waals surface area contributed by atoms with Crippen LogP contribution in [-0.2, 0) is 0 Å². The van der Waals surface area contributed by atoms with Crippen LogP contribution in [0.4, 0.5) is 0 Å². The summed E-state index contributed by atoms with van der Waals surface area (Å²) in [7, 11) is 0. The Labute approximate surface area is 91.2 Å². The summed E-state index contributed by atoms with van der Waals surface area (Å²) in [5.74, 6) is 0. The number of hydrogen-bond donors (Lipinski definition) is 1. The van der Waals surface area contributed by atoms with Crippen molar-refractivity contribution in [3.8, 4) is 6.07 Å². The van der Waals surface area contributed by atoms with Crippen LogP contribution >= 0.6 is 0 Å². The van der Waals surface area contributed by atoms with E-state index in [4.69, 9.17) is 5.26 Å². The Kier molecular flexibility index (Phi) is 3.51. The van der Waals surface area contributed by atoms with Gasteiger partial charge in [-0.3, -0.25) is 0 Å². The molecular formula is C13H16N2. The normalized spacial score (nSPS) is 11.6. The van der Waals surface area contributed by atoms with Gasteiger partial charge in [0, 0.05) is 11.7 Å². The second-order valence-corrected chi connectivity index (χ2v) is 3.78. The molecule has 1 N–H and O–H groups in total. The van der Waals surface area contributed by atoms with Gasteiger partial charge >= 0.3 is 0 Å². The Hall–Kier alpha value is -1.75. The highest BCUT2D eigenvalue weighted by molar-refractivity contribution is 5.43. The van der Waals surface area contributed by atoms with Gasteiger partial charge in [0.1, 0.15) is 0 Å². The SMILES string of the molecule is C=C(C)N[C@H](C)c1cccc(C#N)c1C. The molecule has 1 atom stereocenters. The van der Waals surface area contributed by atoms with Gasteiger partial charge in [-0.15, -0.1) is 0 Å². The molecule has 15 heavy (non-hydrogen) atoms. The third kappa shape index (κ3) is 2.60. The van der Waals surface area contributed by atoms with Crippen molar-refractivity contribution in [2.24, 2.45) is 0 Å². The fourth-order valence-electron chi connectivity index (χ4n) is 1.69. The van der Waals surface area contributed by atoms with Crippen molar-refractivity contribution in [2.75, 3.05) is 0 Å². The monoisotopic (exact) mass is 200 g/mol. The topological polar surface area (TPSA) is 35.8 Å². The van der Waals surface area contributed by atoms with E-state index < -0.39 is 0 Å². The Bertz CT molecular complexity index is 413. The van der Waals surface area contributed by atoms with E-state index in [-0.39, 0.29) is 6.04 Å². The lowest BCUT2D eigenvalue weighted by Crippen LogP contribution is -2.16. The molecular weight excluding hydrogens is 184 g/mol. The molecule has 0 saturated carbocycles. The summed E-state index contributed by atoms with van der Waals surface area (Å²) in [6, 6.07) is 8.18. The van der Waals surface area contributed by atoms with E-state index in [1.807, 2.05) is 32.0 Å². The van der Waals surface area contributed by atoms with E-state index in [1.165, 1.54) is 0 Å². The van der Waals surface area contributed by atoms with Crippen LogP contribution in [0.1, 0.15) is 36.6 Å². The van der Waals surface area contributed by atoms with Gasteiger partial charge < -0.3 is 5.32 Å². The van der Waals surface area contributed by atoms with Crippen LogP contribution in [0.15, 0.2) is 30.5 Å². The lowest BCUT2D eigenvalue weighted by molar-refractivity contribution is 0.652. The van der Waals surface area contributed by atoms with Gasteiger partial charge in [0.15, 0.2) is 0 Å². The van der Waals surface area contributed by atoms with Gasteiger partial charge in [0.2, 0.25) is 0 Å². The van der Waals surface area contributed by atoms with Gasteiger partial charge in [-0.2, -0.15) is 5.26 Å². The van der Waals surface area contributed by atoms with Crippen LogP contribution < -0.4 is 5.32 Å². The second-order valence-electron chi connectivity index (χ2n) is 3.78. The van der Waals surface area contributed by atoms with E-state index in [0.29, 0.717) is 0 Å². The summed E-state index contributed by atoms with van der Waals surface area (Å²) < 4.78 is 0. The number of nitrogens with zero attached hydrogens (tertiary/aromatic N) is 1. The number of benzene rings is 1. The lowest BCUT2D eigenvalue weighted by atomic mass is 9.98. The second kappa shape index (κ2) is 4.65. The van der Waals surface area contributed by atoms with Crippen molar-refractivity contribution in [1.82, 2.24) is 5.32 Å². The van der Waals surface area contributed by atoms with Gasteiger partial charge in [0.25, 0.3) is 0 Å². The predicted molar refractivity (Wildman–Crippen MR) is 62.3 cm³/mol. The minimum atomic E-state index is 0.191. The summed E-state index contributed by atoms with van der Waals surface area (Å²) in [4.78, 5) is 0. The van der Waals surface area contributed by atoms with E-state index in [2.05, 4.69) is 24.9 Å². The third-order valence-corrected chi connectivity index (χ3v) is 2.43. The Balaban J connectivity index is 3.05. The lowest BCUT2D eigenvalue weighted by Gasteiger charge is -2.18. The van der Waals surface area contributed by atoms with E-state index in [1.54, 1.807) is 0 Å². The summed E-state index contributed by atoms with van der Waals surface area (Å²) in [5.41, 5.74) is 3.87. The zero-order valence-corrected chi connectivity index (χ0v) is 9.46. The molecule has 2 nitrogen and oxygen atoms in total. The Morgan fingerprint density at radius 2 is 2.20 bits per heavy atom. The van der Waals surface area contributed by atoms with Crippen LogP contribution in [0.3, 0.4) is 0 Å². The molecule has 0 heterocycles. The fraction of sp³-hybridized carbons (Fsp3) is 0.308. The molecule has 0 aromatic heterocycles. The molecule has 0 aliphatic rings. The quantitative estimate of drug-likeness (QED) is 0.814. The maximum Gasteiger partial charge on any atom is 0.0994 e. The number of nitriles is 1. The van der Waals surface area contributed by atoms with E-state index in [0.717, 1.165) is 22.4 Å². The first-order valence-electron chi connectivity index (χ1n) is 4.98. The average Bonchev–Trinajstić information content (AvgIpc) is 2.17. The molecule has 0 unspecified atom stereocenters. The molecule has 0 spiro atoms. The molecule has 0 fully saturated rings. The molecule has 1 rings (SSSR count). The molecule has 1 aromatic rings. The number of allylic oxidation sites excluding steroid dienone is 1. The standard InChI is InChI=1S/C13H16N2/c1-9(2)15-11(4)13-7-5-6-12(8-14)10(13)3/h5-7,11,15H,1H2,2-4H3/t11-/m1/s1. The highest BCUT2D eigenvalue weighted by Crippen LogP contribution is 2.20.